The van der Waals surface area contributed by atoms with Crippen LogP contribution in [0.5, 0.6) is 5.75 Å². The van der Waals surface area contributed by atoms with Gasteiger partial charge in [-0.2, -0.15) is 13.2 Å². The van der Waals surface area contributed by atoms with Crippen molar-refractivity contribution in [2.24, 2.45) is 0 Å². The van der Waals surface area contributed by atoms with Crippen molar-refractivity contribution >= 4 is 8.32 Å². The summed E-state index contributed by atoms with van der Waals surface area (Å²) in [5, 5.41) is 9.13. The molecule has 0 aliphatic rings. The van der Waals surface area contributed by atoms with Crippen LogP contribution in [0.1, 0.15) is 31.9 Å². The van der Waals surface area contributed by atoms with Crippen molar-refractivity contribution in [3.8, 4) is 5.75 Å². The quantitative estimate of drug-likeness (QED) is 0.828. The van der Waals surface area contributed by atoms with E-state index in [0.717, 1.165) is 12.1 Å². The van der Waals surface area contributed by atoms with Crippen LogP contribution in [0.15, 0.2) is 18.2 Å². The average Bonchev–Trinajstić information content (AvgIpc) is 2.25. The lowest BCUT2D eigenvalue weighted by atomic mass is 10.1. The van der Waals surface area contributed by atoms with E-state index in [1.807, 2.05) is 33.9 Å². The summed E-state index contributed by atoms with van der Waals surface area (Å²) in [5.41, 5.74) is -0.383. The largest absolute Gasteiger partial charge is 0.543 e. The SMILES string of the molecule is CC(C)(C)[Si](C)(C)Oc1cc(C(F)(F)F)ccc1CO. The third-order valence-electron chi connectivity index (χ3n) is 3.74. The second kappa shape index (κ2) is 5.41. The Hall–Kier alpha value is -1.01. The summed E-state index contributed by atoms with van der Waals surface area (Å²) in [6.07, 6.45) is -4.42. The van der Waals surface area contributed by atoms with Crippen molar-refractivity contribution in [2.75, 3.05) is 0 Å². The third kappa shape index (κ3) is 3.76. The maximum Gasteiger partial charge on any atom is 0.416 e. The van der Waals surface area contributed by atoms with Gasteiger partial charge in [0.05, 0.1) is 12.2 Å². The molecular weight excluding hydrogens is 285 g/mol. The summed E-state index contributed by atoms with van der Waals surface area (Å²) in [5.74, 6) is 0.133. The van der Waals surface area contributed by atoms with Crippen molar-refractivity contribution < 1.29 is 22.7 Å². The Bertz CT molecular complexity index is 476. The van der Waals surface area contributed by atoms with Crippen LogP contribution in [0, 0.1) is 0 Å². The standard InChI is InChI=1S/C14H21F3O2Si/c1-13(2,3)20(4,5)19-12-8-11(14(15,16)17)7-6-10(12)9-18/h6-8,18H,9H2,1-5H3. The Labute approximate surface area is 118 Å². The van der Waals surface area contributed by atoms with Gasteiger partial charge in [0.2, 0.25) is 8.32 Å². The number of hydrogen-bond acceptors (Lipinski definition) is 2. The fourth-order valence-electron chi connectivity index (χ4n) is 1.38. The van der Waals surface area contributed by atoms with E-state index in [2.05, 4.69) is 0 Å². The fraction of sp³-hybridized carbons (Fsp3) is 0.571. The van der Waals surface area contributed by atoms with Crippen molar-refractivity contribution in [1.82, 2.24) is 0 Å². The van der Waals surface area contributed by atoms with E-state index in [0.29, 0.717) is 5.56 Å². The van der Waals surface area contributed by atoms with Gasteiger partial charge in [0.15, 0.2) is 0 Å². The Morgan fingerprint density at radius 1 is 1.15 bits per heavy atom. The zero-order valence-corrected chi connectivity index (χ0v) is 13.4. The summed E-state index contributed by atoms with van der Waals surface area (Å²) in [6, 6.07) is 3.21. The number of rotatable bonds is 3. The second-order valence-electron chi connectivity index (χ2n) is 6.34. The summed E-state index contributed by atoms with van der Waals surface area (Å²) in [6.45, 7) is 9.58. The zero-order valence-electron chi connectivity index (χ0n) is 12.4. The maximum absolute atomic E-state index is 12.8. The molecule has 0 heterocycles. The molecule has 0 spiro atoms. The van der Waals surface area contributed by atoms with Gasteiger partial charge in [-0.1, -0.05) is 26.8 Å². The molecule has 20 heavy (non-hydrogen) atoms. The van der Waals surface area contributed by atoms with Crippen molar-refractivity contribution in [3.63, 3.8) is 0 Å². The Morgan fingerprint density at radius 2 is 1.70 bits per heavy atom. The molecule has 0 aromatic heterocycles. The highest BCUT2D eigenvalue weighted by Crippen LogP contribution is 2.40. The monoisotopic (exact) mass is 306 g/mol. The number of hydrogen-bond donors (Lipinski definition) is 1. The van der Waals surface area contributed by atoms with Crippen molar-refractivity contribution in [2.45, 2.75) is 51.7 Å². The number of benzene rings is 1. The molecule has 0 atom stereocenters. The minimum absolute atomic E-state index is 0.131. The van der Waals surface area contributed by atoms with Crippen molar-refractivity contribution in [1.29, 1.82) is 0 Å². The molecule has 0 saturated heterocycles. The number of aliphatic hydroxyl groups is 1. The normalized spacial score (nSPS) is 13.4. The minimum Gasteiger partial charge on any atom is -0.543 e. The van der Waals surface area contributed by atoms with Crippen LogP contribution in [0.2, 0.25) is 18.1 Å². The first-order chi connectivity index (χ1) is 8.88. The fourth-order valence-corrected chi connectivity index (χ4v) is 2.43. The topological polar surface area (TPSA) is 29.5 Å². The number of aliphatic hydroxyl groups excluding tert-OH is 1. The van der Waals surface area contributed by atoms with Gasteiger partial charge in [-0.25, -0.2) is 0 Å². The van der Waals surface area contributed by atoms with E-state index in [1.165, 1.54) is 6.07 Å². The van der Waals surface area contributed by atoms with Crippen molar-refractivity contribution in [3.05, 3.63) is 29.3 Å². The lowest BCUT2D eigenvalue weighted by Crippen LogP contribution is -2.44. The third-order valence-corrected chi connectivity index (χ3v) is 8.08. The van der Waals surface area contributed by atoms with Crippen LogP contribution in [0.4, 0.5) is 13.2 Å². The smallest absolute Gasteiger partial charge is 0.416 e. The molecule has 1 aromatic carbocycles. The van der Waals surface area contributed by atoms with E-state index in [-0.39, 0.29) is 17.4 Å². The van der Waals surface area contributed by atoms with Gasteiger partial charge < -0.3 is 9.53 Å². The molecule has 0 saturated carbocycles. The van der Waals surface area contributed by atoms with Gasteiger partial charge in [0, 0.05) is 5.56 Å². The molecule has 114 valence electrons. The summed E-state index contributed by atoms with van der Waals surface area (Å²) < 4.78 is 44.2. The Kier molecular flexibility index (Phi) is 4.61. The first kappa shape index (κ1) is 17.0. The molecule has 6 heteroatoms. The zero-order chi connectivity index (χ0) is 15.8. The lowest BCUT2D eigenvalue weighted by Gasteiger charge is -2.37. The maximum atomic E-state index is 12.8. The summed E-state index contributed by atoms with van der Waals surface area (Å²) >= 11 is 0. The highest BCUT2D eigenvalue weighted by Gasteiger charge is 2.40. The summed E-state index contributed by atoms with van der Waals surface area (Å²) in [7, 11) is -2.25. The second-order valence-corrected chi connectivity index (χ2v) is 11.1. The minimum atomic E-state index is -4.42. The van der Waals surface area contributed by atoms with Gasteiger partial charge >= 0.3 is 6.18 Å². The van der Waals surface area contributed by atoms with Crippen LogP contribution < -0.4 is 4.43 Å². The van der Waals surface area contributed by atoms with Gasteiger partial charge in [0.25, 0.3) is 0 Å². The van der Waals surface area contributed by atoms with Gasteiger partial charge in [-0.05, 0) is 30.3 Å². The van der Waals surface area contributed by atoms with E-state index in [1.54, 1.807) is 0 Å². The highest BCUT2D eigenvalue weighted by atomic mass is 28.4. The Morgan fingerprint density at radius 3 is 2.10 bits per heavy atom. The first-order valence-corrected chi connectivity index (χ1v) is 9.29. The van der Waals surface area contributed by atoms with E-state index in [4.69, 9.17) is 4.43 Å². The number of alkyl halides is 3. The highest BCUT2D eigenvalue weighted by molar-refractivity contribution is 6.74. The van der Waals surface area contributed by atoms with Crippen LogP contribution in [0.3, 0.4) is 0 Å². The van der Waals surface area contributed by atoms with E-state index >= 15 is 0 Å². The Balaban J connectivity index is 3.23. The van der Waals surface area contributed by atoms with Gasteiger partial charge in [0.1, 0.15) is 5.75 Å². The average molecular weight is 306 g/mol. The molecule has 0 radical (unpaired) electrons. The predicted octanol–water partition coefficient (Wildman–Crippen LogP) is 4.58. The molecular formula is C14H21F3O2Si. The molecule has 1 N–H and O–H groups in total. The van der Waals surface area contributed by atoms with Crippen LogP contribution >= 0.6 is 0 Å². The van der Waals surface area contributed by atoms with E-state index in [9.17, 15) is 18.3 Å². The first-order valence-electron chi connectivity index (χ1n) is 6.38. The predicted molar refractivity (Wildman–Crippen MR) is 75.2 cm³/mol. The summed E-state index contributed by atoms with van der Waals surface area (Å²) in [4.78, 5) is 0. The van der Waals surface area contributed by atoms with Crippen LogP contribution in [-0.2, 0) is 12.8 Å². The van der Waals surface area contributed by atoms with Crippen LogP contribution in [0.25, 0.3) is 0 Å². The molecule has 0 bridgehead atoms. The van der Waals surface area contributed by atoms with E-state index < -0.39 is 20.1 Å². The molecule has 1 aromatic rings. The van der Waals surface area contributed by atoms with Gasteiger partial charge in [-0.3, -0.25) is 0 Å². The van der Waals surface area contributed by atoms with Crippen LogP contribution in [-0.4, -0.2) is 13.4 Å². The lowest BCUT2D eigenvalue weighted by molar-refractivity contribution is -0.137. The molecule has 0 aliphatic heterocycles. The molecule has 1 rings (SSSR count). The molecule has 0 fully saturated rings. The molecule has 2 nitrogen and oxygen atoms in total. The molecule has 0 amide bonds. The molecule has 0 unspecified atom stereocenters. The van der Waals surface area contributed by atoms with Gasteiger partial charge in [-0.15, -0.1) is 0 Å². The molecule has 0 aliphatic carbocycles. The number of halogens is 3.